The van der Waals surface area contributed by atoms with Crippen LogP contribution in [0.5, 0.6) is 17.2 Å². The second-order valence-corrected chi connectivity index (χ2v) is 7.45. The maximum absolute atomic E-state index is 12.6. The monoisotopic (exact) mass is 401 g/mol. The van der Waals surface area contributed by atoms with Crippen LogP contribution in [0.4, 0.5) is 0 Å². The molecule has 1 N–H and O–H groups in total. The SMILES string of the molecule is CCCc1cc(C(=O)NC2CCC(Oc3cccc(OC)c3OC)CC2)n(C)n1. The Morgan fingerprint density at radius 3 is 2.55 bits per heavy atom. The molecule has 1 saturated carbocycles. The maximum atomic E-state index is 12.6. The van der Waals surface area contributed by atoms with E-state index in [-0.39, 0.29) is 18.1 Å². The summed E-state index contributed by atoms with van der Waals surface area (Å²) in [5, 5.41) is 7.57. The predicted molar refractivity (Wildman–Crippen MR) is 111 cm³/mol. The number of amides is 1. The molecule has 1 fully saturated rings. The first-order chi connectivity index (χ1) is 14.0. The van der Waals surface area contributed by atoms with E-state index in [1.54, 1.807) is 18.9 Å². The fourth-order valence-corrected chi connectivity index (χ4v) is 3.83. The molecule has 0 unspecified atom stereocenters. The molecular formula is C22H31N3O4. The number of rotatable bonds is 8. The van der Waals surface area contributed by atoms with Crippen molar-refractivity contribution in [2.45, 2.75) is 57.6 Å². The molecule has 0 radical (unpaired) electrons. The molecule has 3 rings (SSSR count). The van der Waals surface area contributed by atoms with E-state index in [0.717, 1.165) is 44.2 Å². The fraction of sp³-hybridized carbons (Fsp3) is 0.545. The van der Waals surface area contributed by atoms with E-state index in [1.165, 1.54) is 0 Å². The van der Waals surface area contributed by atoms with Gasteiger partial charge in [-0.1, -0.05) is 19.4 Å². The Morgan fingerprint density at radius 1 is 1.17 bits per heavy atom. The molecule has 7 heteroatoms. The normalized spacial score (nSPS) is 18.9. The minimum Gasteiger partial charge on any atom is -0.493 e. The molecule has 158 valence electrons. The molecule has 0 saturated heterocycles. The van der Waals surface area contributed by atoms with Crippen LogP contribution in [-0.2, 0) is 13.5 Å². The molecule has 0 atom stereocenters. The number of methoxy groups -OCH3 is 2. The topological polar surface area (TPSA) is 74.6 Å². The Morgan fingerprint density at radius 2 is 1.90 bits per heavy atom. The predicted octanol–water partition coefficient (Wildman–Crippen LogP) is 3.51. The lowest BCUT2D eigenvalue weighted by Crippen LogP contribution is -2.40. The van der Waals surface area contributed by atoms with Crippen molar-refractivity contribution in [2.75, 3.05) is 14.2 Å². The molecule has 29 heavy (non-hydrogen) atoms. The van der Waals surface area contributed by atoms with E-state index < -0.39 is 0 Å². The van der Waals surface area contributed by atoms with Gasteiger partial charge in [0.25, 0.3) is 5.91 Å². The minimum absolute atomic E-state index is 0.0545. The number of hydrogen-bond donors (Lipinski definition) is 1. The van der Waals surface area contributed by atoms with Crippen molar-refractivity contribution in [1.82, 2.24) is 15.1 Å². The number of nitrogens with one attached hydrogen (secondary N) is 1. The zero-order valence-corrected chi connectivity index (χ0v) is 17.7. The number of para-hydroxylation sites is 1. The molecule has 7 nitrogen and oxygen atoms in total. The summed E-state index contributed by atoms with van der Waals surface area (Å²) >= 11 is 0. The van der Waals surface area contributed by atoms with Crippen LogP contribution >= 0.6 is 0 Å². The average Bonchev–Trinajstić information content (AvgIpc) is 3.09. The summed E-state index contributed by atoms with van der Waals surface area (Å²) in [6.07, 6.45) is 5.50. The van der Waals surface area contributed by atoms with E-state index in [1.807, 2.05) is 31.3 Å². The van der Waals surface area contributed by atoms with E-state index in [0.29, 0.717) is 22.9 Å². The summed E-state index contributed by atoms with van der Waals surface area (Å²) in [5.41, 5.74) is 1.58. The quantitative estimate of drug-likeness (QED) is 0.733. The largest absolute Gasteiger partial charge is 0.493 e. The third-order valence-electron chi connectivity index (χ3n) is 5.34. The zero-order valence-electron chi connectivity index (χ0n) is 17.7. The van der Waals surface area contributed by atoms with Crippen molar-refractivity contribution in [3.05, 3.63) is 35.7 Å². The van der Waals surface area contributed by atoms with Gasteiger partial charge in [-0.3, -0.25) is 9.48 Å². The molecule has 0 spiro atoms. The molecule has 1 aromatic heterocycles. The van der Waals surface area contributed by atoms with Gasteiger partial charge in [-0.25, -0.2) is 0 Å². The lowest BCUT2D eigenvalue weighted by Gasteiger charge is -2.30. The highest BCUT2D eigenvalue weighted by Crippen LogP contribution is 2.38. The molecule has 0 bridgehead atoms. The summed E-state index contributed by atoms with van der Waals surface area (Å²) < 4.78 is 18.6. The van der Waals surface area contributed by atoms with E-state index in [2.05, 4.69) is 17.3 Å². The number of carbonyl (C=O) groups excluding carboxylic acids is 1. The lowest BCUT2D eigenvalue weighted by molar-refractivity contribution is 0.0882. The molecule has 1 amide bonds. The Bertz CT molecular complexity index is 825. The van der Waals surface area contributed by atoms with Gasteiger partial charge in [-0.2, -0.15) is 5.10 Å². The number of hydrogen-bond acceptors (Lipinski definition) is 5. The molecule has 1 aliphatic rings. The number of aromatic nitrogens is 2. The van der Waals surface area contributed by atoms with Crippen LogP contribution in [-0.4, -0.2) is 42.1 Å². The number of benzene rings is 1. The van der Waals surface area contributed by atoms with Crippen LogP contribution in [0, 0.1) is 0 Å². The Balaban J connectivity index is 1.54. The van der Waals surface area contributed by atoms with Crippen molar-refractivity contribution in [2.24, 2.45) is 7.05 Å². The second kappa shape index (κ2) is 9.67. The maximum Gasteiger partial charge on any atom is 0.269 e. The Kier molecular flexibility index (Phi) is 7.01. The lowest BCUT2D eigenvalue weighted by atomic mass is 9.92. The summed E-state index contributed by atoms with van der Waals surface area (Å²) in [6.45, 7) is 2.11. The van der Waals surface area contributed by atoms with Crippen LogP contribution in [0.1, 0.15) is 55.2 Å². The van der Waals surface area contributed by atoms with Crippen molar-refractivity contribution in [3.8, 4) is 17.2 Å². The first-order valence-corrected chi connectivity index (χ1v) is 10.3. The standard InChI is InChI=1S/C22H31N3O4/c1-5-7-16-14-18(25(2)24-16)22(26)23-15-10-12-17(13-11-15)29-20-9-6-8-19(27-3)21(20)28-4/h6,8-9,14-15,17H,5,7,10-13H2,1-4H3,(H,23,26). The minimum atomic E-state index is -0.0545. The average molecular weight is 402 g/mol. The van der Waals surface area contributed by atoms with Gasteiger partial charge in [0.15, 0.2) is 11.5 Å². The number of carbonyl (C=O) groups is 1. The first kappa shape index (κ1) is 21.0. The second-order valence-electron chi connectivity index (χ2n) is 7.45. The summed E-state index contributed by atoms with van der Waals surface area (Å²) in [4.78, 5) is 12.6. The van der Waals surface area contributed by atoms with Crippen LogP contribution in [0.2, 0.25) is 0 Å². The molecule has 1 heterocycles. The van der Waals surface area contributed by atoms with Crippen LogP contribution < -0.4 is 19.5 Å². The van der Waals surface area contributed by atoms with E-state index in [9.17, 15) is 4.79 Å². The van der Waals surface area contributed by atoms with Crippen molar-refractivity contribution in [1.29, 1.82) is 0 Å². The van der Waals surface area contributed by atoms with Gasteiger partial charge in [-0.15, -0.1) is 0 Å². The summed E-state index contributed by atoms with van der Waals surface area (Å²) in [7, 11) is 5.05. The number of ether oxygens (including phenoxy) is 3. The molecular weight excluding hydrogens is 370 g/mol. The van der Waals surface area contributed by atoms with Gasteiger partial charge in [0.05, 0.1) is 26.0 Å². The zero-order chi connectivity index (χ0) is 20.8. The van der Waals surface area contributed by atoms with Crippen molar-refractivity contribution in [3.63, 3.8) is 0 Å². The highest BCUT2D eigenvalue weighted by molar-refractivity contribution is 5.92. The third-order valence-corrected chi connectivity index (χ3v) is 5.34. The van der Waals surface area contributed by atoms with Crippen LogP contribution in [0.3, 0.4) is 0 Å². The highest BCUT2D eigenvalue weighted by Gasteiger charge is 2.26. The number of aryl methyl sites for hydroxylation is 2. The van der Waals surface area contributed by atoms with Crippen LogP contribution in [0.15, 0.2) is 24.3 Å². The summed E-state index contributed by atoms with van der Waals surface area (Å²) in [5.74, 6) is 1.91. The fourth-order valence-electron chi connectivity index (χ4n) is 3.83. The molecule has 1 aromatic carbocycles. The Hall–Kier alpha value is -2.70. The van der Waals surface area contributed by atoms with E-state index >= 15 is 0 Å². The van der Waals surface area contributed by atoms with E-state index in [4.69, 9.17) is 14.2 Å². The van der Waals surface area contributed by atoms with Crippen molar-refractivity contribution < 1.29 is 19.0 Å². The smallest absolute Gasteiger partial charge is 0.269 e. The van der Waals surface area contributed by atoms with Gasteiger partial charge >= 0.3 is 0 Å². The van der Waals surface area contributed by atoms with Gasteiger partial charge in [-0.05, 0) is 50.3 Å². The van der Waals surface area contributed by atoms with Crippen LogP contribution in [0.25, 0.3) is 0 Å². The molecule has 1 aliphatic carbocycles. The van der Waals surface area contributed by atoms with Gasteiger partial charge in [0.2, 0.25) is 5.75 Å². The third kappa shape index (κ3) is 5.02. The Labute approximate surface area is 172 Å². The highest BCUT2D eigenvalue weighted by atomic mass is 16.5. The molecule has 0 aliphatic heterocycles. The van der Waals surface area contributed by atoms with Gasteiger partial charge < -0.3 is 19.5 Å². The molecule has 2 aromatic rings. The number of nitrogens with zero attached hydrogens (tertiary/aromatic N) is 2. The van der Waals surface area contributed by atoms with Gasteiger partial charge in [0, 0.05) is 13.1 Å². The first-order valence-electron chi connectivity index (χ1n) is 10.3. The van der Waals surface area contributed by atoms with Gasteiger partial charge in [0.1, 0.15) is 5.69 Å². The summed E-state index contributed by atoms with van der Waals surface area (Å²) in [6, 6.07) is 7.68. The van der Waals surface area contributed by atoms with Crippen molar-refractivity contribution >= 4 is 5.91 Å².